The molecule has 0 radical (unpaired) electrons. The molecule has 0 unspecified atom stereocenters. The largest absolute Gasteiger partial charge is 0.293 e. The van der Waals surface area contributed by atoms with Gasteiger partial charge in [0.2, 0.25) is 0 Å². The van der Waals surface area contributed by atoms with Crippen LogP contribution in [0.2, 0.25) is 0 Å². The van der Waals surface area contributed by atoms with Crippen molar-refractivity contribution in [1.29, 1.82) is 0 Å². The molecule has 0 fully saturated rings. The van der Waals surface area contributed by atoms with Gasteiger partial charge in [-0.3, -0.25) is 4.79 Å². The Hall–Kier alpha value is 0.100. The highest BCUT2D eigenvalue weighted by Gasteiger charge is 1.99. The number of carbonyl (C=O) groups excluding carboxylic acids is 1. The van der Waals surface area contributed by atoms with Crippen LogP contribution < -0.4 is 0 Å². The first-order valence-corrected chi connectivity index (χ1v) is 7.64. The summed E-state index contributed by atoms with van der Waals surface area (Å²) in [7, 11) is 0. The van der Waals surface area contributed by atoms with Gasteiger partial charge in [0.15, 0.2) is 5.78 Å². The highest BCUT2D eigenvalue weighted by molar-refractivity contribution is 14.1. The van der Waals surface area contributed by atoms with E-state index in [0.717, 1.165) is 5.56 Å². The first-order valence-electron chi connectivity index (χ1n) is 4.36. The maximum absolute atomic E-state index is 11.0. The van der Waals surface area contributed by atoms with E-state index in [1.807, 2.05) is 49.1 Å². The van der Waals surface area contributed by atoms with Crippen LogP contribution in [0.25, 0.3) is 0 Å². The van der Waals surface area contributed by atoms with Crippen LogP contribution in [0.1, 0.15) is 24.2 Å². The van der Waals surface area contributed by atoms with Crippen molar-refractivity contribution in [3.8, 4) is 0 Å². The van der Waals surface area contributed by atoms with Gasteiger partial charge in [0.1, 0.15) is 0 Å². The third kappa shape index (κ3) is 7.50. The van der Waals surface area contributed by atoms with Crippen molar-refractivity contribution < 1.29 is 4.79 Å². The molecule has 14 heavy (non-hydrogen) atoms. The lowest BCUT2D eigenvalue weighted by molar-refractivity contribution is 0.102. The Morgan fingerprint density at radius 2 is 1.64 bits per heavy atom. The molecule has 0 aliphatic heterocycles. The van der Waals surface area contributed by atoms with Crippen molar-refractivity contribution in [3.05, 3.63) is 35.9 Å². The van der Waals surface area contributed by atoms with Gasteiger partial charge >= 0.3 is 0 Å². The molecule has 1 nitrogen and oxygen atoms in total. The zero-order chi connectivity index (χ0) is 11.4. The zero-order valence-corrected chi connectivity index (χ0v) is 12.5. The second-order valence-electron chi connectivity index (χ2n) is 1.92. The molecule has 0 aliphatic carbocycles. The lowest BCUT2D eigenvalue weighted by Crippen LogP contribution is -1.98. The smallest absolute Gasteiger partial charge is 0.173 e. The fourth-order valence-corrected chi connectivity index (χ4v) is 1.02. The lowest BCUT2D eigenvalue weighted by Gasteiger charge is -1.92. The van der Waals surface area contributed by atoms with E-state index in [-0.39, 0.29) is 5.78 Å². The summed E-state index contributed by atoms with van der Waals surface area (Å²) in [5.41, 5.74) is 0.763. The second-order valence-corrected chi connectivity index (χ2v) is 2.48. The number of rotatable bonds is 2. The molecule has 0 saturated carbocycles. The van der Waals surface area contributed by atoms with Crippen molar-refractivity contribution in [3.63, 3.8) is 0 Å². The summed E-state index contributed by atoms with van der Waals surface area (Å²) in [4.78, 5) is 12.9. The molecule has 0 amide bonds. The molecule has 0 aliphatic rings. The van der Waals surface area contributed by atoms with Gasteiger partial charge in [-0.05, 0) is 4.93 Å². The van der Waals surface area contributed by atoms with Crippen molar-refractivity contribution in [2.24, 2.45) is 0 Å². The molecule has 3 heteroatoms. The van der Waals surface area contributed by atoms with Gasteiger partial charge in [0.05, 0.1) is 5.33 Å². The third-order valence-corrected chi connectivity index (χ3v) is 1.73. The fourth-order valence-electron chi connectivity index (χ4n) is 0.701. The first-order chi connectivity index (χ1) is 6.84. The molecular formula is C11H16BrIO. The molecule has 0 heterocycles. The Morgan fingerprint density at radius 3 is 2.00 bits per heavy atom. The summed E-state index contributed by atoms with van der Waals surface area (Å²) in [6.07, 6.45) is 0. The predicted octanol–water partition coefficient (Wildman–Crippen LogP) is 4.34. The van der Waals surface area contributed by atoms with E-state index in [1.165, 1.54) is 0 Å². The minimum Gasteiger partial charge on any atom is -0.293 e. The summed E-state index contributed by atoms with van der Waals surface area (Å²) in [6.45, 7) is 4.00. The summed E-state index contributed by atoms with van der Waals surface area (Å²) in [5.74, 6) is 0.126. The normalized spacial score (nSPS) is 7.50. The average molecular weight is 371 g/mol. The number of hydrogen-bond acceptors (Lipinski definition) is 1. The van der Waals surface area contributed by atoms with Gasteiger partial charge in [0, 0.05) is 5.56 Å². The molecule has 1 aromatic rings. The second kappa shape index (κ2) is 13.1. The molecule has 0 saturated heterocycles. The summed E-state index contributed by atoms with van der Waals surface area (Å²) in [6, 6.07) is 9.23. The third-order valence-electron chi connectivity index (χ3n) is 1.22. The standard InChI is InChI=1S/C8H7BrO.C2H6.CH3I/c9-6-8(10)7-4-2-1-3-5-7;2*1-2/h1-5H,6H2;1-2H3;1H3. The number of halogens is 2. The van der Waals surface area contributed by atoms with Crippen molar-refractivity contribution in [2.45, 2.75) is 13.8 Å². The Bertz CT molecular complexity index is 224. The number of carbonyl (C=O) groups is 1. The van der Waals surface area contributed by atoms with E-state index in [4.69, 9.17) is 0 Å². The predicted molar refractivity (Wildman–Crippen MR) is 75.9 cm³/mol. The Morgan fingerprint density at radius 1 is 1.21 bits per heavy atom. The number of hydrogen-bond donors (Lipinski definition) is 0. The van der Waals surface area contributed by atoms with Gasteiger partial charge in [-0.1, -0.05) is 82.7 Å². The van der Waals surface area contributed by atoms with Gasteiger partial charge in [-0.15, -0.1) is 0 Å². The van der Waals surface area contributed by atoms with Gasteiger partial charge in [-0.2, -0.15) is 0 Å². The maximum atomic E-state index is 11.0. The number of benzene rings is 1. The van der Waals surface area contributed by atoms with Gasteiger partial charge < -0.3 is 0 Å². The monoisotopic (exact) mass is 370 g/mol. The number of Topliss-reactive ketones (excluding diaryl/α,β-unsaturated/α-hetero) is 1. The molecule has 0 spiro atoms. The summed E-state index contributed by atoms with van der Waals surface area (Å²) < 4.78 is 0. The minimum absolute atomic E-state index is 0.126. The van der Waals surface area contributed by atoms with Crippen LogP contribution in [0.4, 0.5) is 0 Å². The van der Waals surface area contributed by atoms with E-state index in [9.17, 15) is 4.79 Å². The van der Waals surface area contributed by atoms with E-state index >= 15 is 0 Å². The van der Waals surface area contributed by atoms with Crippen molar-refractivity contribution >= 4 is 44.3 Å². The number of alkyl halides is 2. The SMILES string of the molecule is CC.CI.O=C(CBr)c1ccccc1. The topological polar surface area (TPSA) is 17.1 Å². The molecule has 1 rings (SSSR count). The van der Waals surface area contributed by atoms with Crippen LogP contribution >= 0.6 is 38.5 Å². The van der Waals surface area contributed by atoms with Crippen LogP contribution in [-0.4, -0.2) is 16.0 Å². The fraction of sp³-hybridized carbons (Fsp3) is 0.364. The molecule has 80 valence electrons. The quantitative estimate of drug-likeness (QED) is 0.430. The van der Waals surface area contributed by atoms with E-state index in [1.54, 1.807) is 0 Å². The van der Waals surface area contributed by atoms with Gasteiger partial charge in [0.25, 0.3) is 0 Å². The van der Waals surface area contributed by atoms with Crippen molar-refractivity contribution in [2.75, 3.05) is 10.3 Å². The van der Waals surface area contributed by atoms with Gasteiger partial charge in [-0.25, -0.2) is 0 Å². The lowest BCUT2D eigenvalue weighted by atomic mass is 10.2. The zero-order valence-electron chi connectivity index (χ0n) is 8.76. The van der Waals surface area contributed by atoms with E-state index in [0.29, 0.717) is 5.33 Å². The van der Waals surface area contributed by atoms with Crippen LogP contribution in [0, 0.1) is 0 Å². The Labute approximate surface area is 109 Å². The van der Waals surface area contributed by atoms with E-state index < -0.39 is 0 Å². The Kier molecular flexibility index (Phi) is 15.5. The molecular weight excluding hydrogens is 355 g/mol. The molecule has 0 atom stereocenters. The Balaban J connectivity index is 0. The molecule has 0 bridgehead atoms. The summed E-state index contributed by atoms with van der Waals surface area (Å²) >= 11 is 5.25. The first kappa shape index (κ1) is 16.5. The summed E-state index contributed by atoms with van der Waals surface area (Å²) in [5, 5.41) is 0.400. The van der Waals surface area contributed by atoms with Crippen LogP contribution in [-0.2, 0) is 0 Å². The van der Waals surface area contributed by atoms with Crippen molar-refractivity contribution in [1.82, 2.24) is 0 Å². The van der Waals surface area contributed by atoms with Crippen LogP contribution in [0.3, 0.4) is 0 Å². The highest BCUT2D eigenvalue weighted by atomic mass is 127. The van der Waals surface area contributed by atoms with E-state index in [2.05, 4.69) is 38.5 Å². The highest BCUT2D eigenvalue weighted by Crippen LogP contribution is 2.01. The molecule has 0 N–H and O–H groups in total. The number of ketones is 1. The molecule has 0 aromatic heterocycles. The molecule has 1 aromatic carbocycles. The average Bonchev–Trinajstić information content (AvgIpc) is 2.34. The van der Waals surface area contributed by atoms with Crippen LogP contribution in [0.15, 0.2) is 30.3 Å². The maximum Gasteiger partial charge on any atom is 0.173 e. The van der Waals surface area contributed by atoms with Crippen LogP contribution in [0.5, 0.6) is 0 Å². The minimum atomic E-state index is 0.126.